The van der Waals surface area contributed by atoms with Gasteiger partial charge in [-0.3, -0.25) is 0 Å². The Labute approximate surface area is 203 Å². The number of aromatic hydroxyl groups is 1. The molecule has 1 aliphatic heterocycles. The van der Waals surface area contributed by atoms with Crippen LogP contribution in [-0.2, 0) is 15.4 Å². The third-order valence-electron chi connectivity index (χ3n) is 6.82. The molecule has 0 aromatic heterocycles. The van der Waals surface area contributed by atoms with Crippen LogP contribution in [0.3, 0.4) is 0 Å². The van der Waals surface area contributed by atoms with Gasteiger partial charge in [-0.25, -0.2) is 8.42 Å². The van der Waals surface area contributed by atoms with Crippen molar-refractivity contribution in [2.45, 2.75) is 56.4 Å². The molecule has 1 atom stereocenters. The lowest BCUT2D eigenvalue weighted by Crippen LogP contribution is -2.42. The molecule has 3 rings (SSSR count). The Morgan fingerprint density at radius 3 is 2.29 bits per heavy atom. The molecule has 1 fully saturated rings. The predicted octanol–water partition coefficient (Wildman–Crippen LogP) is 3.51. The van der Waals surface area contributed by atoms with E-state index in [0.717, 1.165) is 31.4 Å². The van der Waals surface area contributed by atoms with E-state index in [9.17, 15) is 18.6 Å². The van der Waals surface area contributed by atoms with Gasteiger partial charge in [0.15, 0.2) is 0 Å². The van der Waals surface area contributed by atoms with Crippen molar-refractivity contribution in [2.75, 3.05) is 32.8 Å². The lowest BCUT2D eigenvalue weighted by Gasteiger charge is -2.31. The van der Waals surface area contributed by atoms with Crippen LogP contribution in [0.2, 0.25) is 0 Å². The maximum atomic E-state index is 13.1. The zero-order chi connectivity index (χ0) is 24.8. The molecule has 0 saturated carbocycles. The molecule has 0 radical (unpaired) electrons. The van der Waals surface area contributed by atoms with Crippen LogP contribution in [0.1, 0.15) is 45.6 Å². The summed E-state index contributed by atoms with van der Waals surface area (Å²) in [7, 11) is -3.48. The van der Waals surface area contributed by atoms with Gasteiger partial charge < -0.3 is 20.3 Å². The van der Waals surface area contributed by atoms with Gasteiger partial charge in [-0.1, -0.05) is 32.9 Å². The molecule has 7 nitrogen and oxygen atoms in total. The summed E-state index contributed by atoms with van der Waals surface area (Å²) in [5.74, 6) is 1.13. The van der Waals surface area contributed by atoms with Crippen molar-refractivity contribution < 1.29 is 23.4 Å². The smallest absolute Gasteiger partial charge is 0.243 e. The highest BCUT2D eigenvalue weighted by atomic mass is 32.2. The summed E-state index contributed by atoms with van der Waals surface area (Å²) in [6, 6.07) is 13.7. The Kier molecular flexibility index (Phi) is 8.98. The number of sulfonamides is 1. The minimum absolute atomic E-state index is 0.0267. The first-order valence-electron chi connectivity index (χ1n) is 12.0. The Balaban J connectivity index is 1.40. The van der Waals surface area contributed by atoms with Crippen LogP contribution in [0.5, 0.6) is 11.5 Å². The maximum absolute atomic E-state index is 13.1. The summed E-state index contributed by atoms with van der Waals surface area (Å²) in [6.07, 6.45) is 1.90. The molecule has 8 heteroatoms. The number of phenolic OH excluding ortho intramolecular Hbond substituents is 1. The summed E-state index contributed by atoms with van der Waals surface area (Å²) in [5, 5.41) is 22.7. The quantitative estimate of drug-likeness (QED) is 0.446. The van der Waals surface area contributed by atoms with E-state index >= 15 is 0 Å². The predicted molar refractivity (Wildman–Crippen MR) is 134 cm³/mol. The molecule has 0 unspecified atom stereocenters. The van der Waals surface area contributed by atoms with Crippen molar-refractivity contribution in [3.05, 3.63) is 54.1 Å². The van der Waals surface area contributed by atoms with Gasteiger partial charge in [0.1, 0.15) is 24.2 Å². The summed E-state index contributed by atoms with van der Waals surface area (Å²) in [4.78, 5) is 0.358. The largest absolute Gasteiger partial charge is 0.508 e. The standard InChI is InChI=1S/C26H38N2O5S/c1-4-26(2,3)21-5-11-25(12-6-21)34(31,32)28-15-13-20(14-16-28)17-27-18-23(30)19-33-24-9-7-22(29)8-10-24/h5-12,20,23,27,29-30H,4,13-19H2,1-3H3/t23-/m0/s1. The molecule has 1 heterocycles. The third-order valence-corrected chi connectivity index (χ3v) is 8.74. The van der Waals surface area contributed by atoms with Gasteiger partial charge in [-0.05, 0) is 79.1 Å². The number of aliphatic hydroxyl groups excluding tert-OH is 1. The van der Waals surface area contributed by atoms with Gasteiger partial charge >= 0.3 is 0 Å². The van der Waals surface area contributed by atoms with Crippen LogP contribution >= 0.6 is 0 Å². The monoisotopic (exact) mass is 490 g/mol. The summed E-state index contributed by atoms with van der Waals surface area (Å²) < 4.78 is 33.3. The third kappa shape index (κ3) is 6.95. The first-order chi connectivity index (χ1) is 16.1. The Morgan fingerprint density at radius 2 is 1.71 bits per heavy atom. The molecule has 0 spiro atoms. The zero-order valence-corrected chi connectivity index (χ0v) is 21.2. The number of nitrogens with zero attached hydrogens (tertiary/aromatic N) is 1. The van der Waals surface area contributed by atoms with E-state index in [-0.39, 0.29) is 17.8 Å². The van der Waals surface area contributed by atoms with Crippen molar-refractivity contribution in [3.8, 4) is 11.5 Å². The average molecular weight is 491 g/mol. The lowest BCUT2D eigenvalue weighted by molar-refractivity contribution is 0.104. The summed E-state index contributed by atoms with van der Waals surface area (Å²) in [6.45, 7) is 8.75. The molecule has 34 heavy (non-hydrogen) atoms. The molecule has 1 aliphatic rings. The van der Waals surface area contributed by atoms with Gasteiger partial charge in [0, 0.05) is 19.6 Å². The second-order valence-electron chi connectivity index (χ2n) is 9.73. The van der Waals surface area contributed by atoms with Crippen molar-refractivity contribution in [1.29, 1.82) is 0 Å². The highest BCUT2D eigenvalue weighted by molar-refractivity contribution is 7.89. The van der Waals surface area contributed by atoms with E-state index in [1.165, 1.54) is 12.1 Å². The maximum Gasteiger partial charge on any atom is 0.243 e. The molecule has 2 aromatic carbocycles. The number of ether oxygens (including phenoxy) is 1. The minimum Gasteiger partial charge on any atom is -0.508 e. The van der Waals surface area contributed by atoms with Crippen molar-refractivity contribution >= 4 is 10.0 Å². The number of hydrogen-bond acceptors (Lipinski definition) is 6. The highest BCUT2D eigenvalue weighted by Gasteiger charge is 2.29. The van der Waals surface area contributed by atoms with Crippen LogP contribution in [0.15, 0.2) is 53.4 Å². The fourth-order valence-corrected chi connectivity index (χ4v) is 5.50. The zero-order valence-electron chi connectivity index (χ0n) is 20.4. The SMILES string of the molecule is CCC(C)(C)c1ccc(S(=O)(=O)N2CCC(CNC[C@H](O)COc3ccc(O)cc3)CC2)cc1. The molecule has 188 valence electrons. The van der Waals surface area contributed by atoms with E-state index < -0.39 is 16.1 Å². The first kappa shape index (κ1) is 26.5. The van der Waals surface area contributed by atoms with Gasteiger partial charge in [-0.2, -0.15) is 4.31 Å². The summed E-state index contributed by atoms with van der Waals surface area (Å²) >= 11 is 0. The number of hydrogen-bond donors (Lipinski definition) is 3. The van der Waals surface area contributed by atoms with Crippen LogP contribution in [0, 0.1) is 5.92 Å². The normalized spacial score (nSPS) is 16.9. The van der Waals surface area contributed by atoms with E-state index in [1.54, 1.807) is 28.6 Å². The number of rotatable bonds is 11. The van der Waals surface area contributed by atoms with Crippen LogP contribution < -0.4 is 10.1 Å². The molecular weight excluding hydrogens is 452 g/mol. The lowest BCUT2D eigenvalue weighted by atomic mass is 9.82. The van der Waals surface area contributed by atoms with Crippen molar-refractivity contribution in [3.63, 3.8) is 0 Å². The molecular formula is C26H38N2O5S. The van der Waals surface area contributed by atoms with Crippen LogP contribution in [0.4, 0.5) is 0 Å². The van der Waals surface area contributed by atoms with Crippen molar-refractivity contribution in [1.82, 2.24) is 9.62 Å². The summed E-state index contributed by atoms with van der Waals surface area (Å²) in [5.41, 5.74) is 1.17. The van der Waals surface area contributed by atoms with Crippen LogP contribution in [0.25, 0.3) is 0 Å². The van der Waals surface area contributed by atoms with E-state index in [4.69, 9.17) is 4.74 Å². The number of benzene rings is 2. The van der Waals surface area contributed by atoms with E-state index in [1.807, 2.05) is 12.1 Å². The number of piperidine rings is 1. The minimum atomic E-state index is -3.48. The molecule has 0 bridgehead atoms. The second-order valence-corrected chi connectivity index (χ2v) is 11.7. The van der Waals surface area contributed by atoms with E-state index in [2.05, 4.69) is 26.1 Å². The Bertz CT molecular complexity index is 998. The van der Waals surface area contributed by atoms with Gasteiger partial charge in [-0.15, -0.1) is 0 Å². The van der Waals surface area contributed by atoms with Crippen LogP contribution in [-0.4, -0.2) is 61.8 Å². The molecule has 0 amide bonds. The Morgan fingerprint density at radius 1 is 1.09 bits per heavy atom. The fourth-order valence-electron chi connectivity index (χ4n) is 4.03. The molecule has 0 aliphatic carbocycles. The second kappa shape index (κ2) is 11.5. The van der Waals surface area contributed by atoms with Gasteiger partial charge in [0.05, 0.1) is 4.90 Å². The van der Waals surface area contributed by atoms with Gasteiger partial charge in [0.2, 0.25) is 10.0 Å². The average Bonchev–Trinajstić information content (AvgIpc) is 2.84. The van der Waals surface area contributed by atoms with Crippen molar-refractivity contribution in [2.24, 2.45) is 5.92 Å². The highest BCUT2D eigenvalue weighted by Crippen LogP contribution is 2.29. The topological polar surface area (TPSA) is 99.1 Å². The first-order valence-corrected chi connectivity index (χ1v) is 13.5. The number of phenols is 1. The Hall–Kier alpha value is -2.13. The molecule has 2 aromatic rings. The molecule has 1 saturated heterocycles. The van der Waals surface area contributed by atoms with Gasteiger partial charge in [0.25, 0.3) is 0 Å². The van der Waals surface area contributed by atoms with E-state index in [0.29, 0.717) is 36.2 Å². The fraction of sp³-hybridized carbons (Fsp3) is 0.538. The number of aliphatic hydroxyl groups is 1. The molecule has 3 N–H and O–H groups in total. The number of nitrogens with one attached hydrogen (secondary N) is 1.